The first-order valence-corrected chi connectivity index (χ1v) is 7.36. The van der Waals surface area contributed by atoms with Crippen molar-refractivity contribution in [1.29, 1.82) is 0 Å². The third-order valence-electron chi connectivity index (χ3n) is 3.47. The third kappa shape index (κ3) is 3.17. The van der Waals surface area contributed by atoms with Crippen molar-refractivity contribution in [2.45, 2.75) is 12.8 Å². The molecule has 1 aliphatic heterocycles. The number of carbonyl (C=O) groups is 1. The molecule has 1 amide bonds. The van der Waals surface area contributed by atoms with Crippen molar-refractivity contribution in [3.63, 3.8) is 0 Å². The van der Waals surface area contributed by atoms with Crippen LogP contribution in [-0.2, 0) is 0 Å². The zero-order chi connectivity index (χ0) is 15.5. The zero-order valence-electron chi connectivity index (χ0n) is 11.7. The van der Waals surface area contributed by atoms with Gasteiger partial charge in [0.15, 0.2) is 11.5 Å². The van der Waals surface area contributed by atoms with Crippen molar-refractivity contribution >= 4 is 29.0 Å². The maximum atomic E-state index is 13.1. The molecule has 3 rings (SSSR count). The minimum Gasteiger partial charge on any atom is -0.339 e. The lowest BCUT2D eigenvalue weighted by Crippen LogP contribution is -2.28. The molecule has 0 saturated carbocycles. The third-order valence-corrected chi connectivity index (χ3v) is 3.76. The molecule has 0 spiro atoms. The van der Waals surface area contributed by atoms with E-state index in [0.29, 0.717) is 17.2 Å². The van der Waals surface area contributed by atoms with E-state index in [2.05, 4.69) is 15.5 Å². The Morgan fingerprint density at radius 3 is 2.59 bits per heavy atom. The topological polar surface area (TPSA) is 58.1 Å². The fourth-order valence-corrected chi connectivity index (χ4v) is 2.50. The summed E-state index contributed by atoms with van der Waals surface area (Å²) >= 11 is 5.72. The molecule has 0 bridgehead atoms. The summed E-state index contributed by atoms with van der Waals surface area (Å²) in [6.45, 7) is 1.54. The van der Waals surface area contributed by atoms with E-state index < -0.39 is 5.82 Å². The van der Waals surface area contributed by atoms with E-state index in [1.54, 1.807) is 23.1 Å². The highest BCUT2D eigenvalue weighted by molar-refractivity contribution is 6.31. The van der Waals surface area contributed by atoms with Crippen molar-refractivity contribution in [2.24, 2.45) is 0 Å². The molecule has 1 aliphatic rings. The number of aromatic nitrogens is 2. The Hall–Kier alpha value is -2.21. The molecule has 22 heavy (non-hydrogen) atoms. The molecule has 7 heteroatoms. The van der Waals surface area contributed by atoms with Gasteiger partial charge in [-0.1, -0.05) is 11.6 Å². The minimum absolute atomic E-state index is 0.0267. The second kappa shape index (κ2) is 6.27. The number of carbonyl (C=O) groups excluding carboxylic acids is 1. The first-order valence-electron chi connectivity index (χ1n) is 6.98. The largest absolute Gasteiger partial charge is 0.339 e. The number of nitrogens with zero attached hydrogens (tertiary/aromatic N) is 3. The van der Waals surface area contributed by atoms with E-state index >= 15 is 0 Å². The quantitative estimate of drug-likeness (QED) is 0.943. The summed E-state index contributed by atoms with van der Waals surface area (Å²) in [6.07, 6.45) is 2.06. The number of halogens is 2. The Bertz CT molecular complexity index is 686. The number of nitrogens with one attached hydrogen (secondary N) is 1. The number of rotatable bonds is 3. The molecule has 2 aromatic rings. The van der Waals surface area contributed by atoms with Crippen LogP contribution in [0.2, 0.25) is 5.02 Å². The Labute approximate surface area is 132 Å². The van der Waals surface area contributed by atoms with Crippen molar-refractivity contribution < 1.29 is 9.18 Å². The summed E-state index contributed by atoms with van der Waals surface area (Å²) in [7, 11) is 0. The number of amides is 1. The van der Waals surface area contributed by atoms with E-state index in [0.717, 1.165) is 25.9 Å². The summed E-state index contributed by atoms with van der Waals surface area (Å²) in [4.78, 5) is 13.9. The summed E-state index contributed by atoms with van der Waals surface area (Å²) in [5, 5.41) is 10.9. The average Bonchev–Trinajstić information content (AvgIpc) is 3.05. The van der Waals surface area contributed by atoms with Crippen molar-refractivity contribution in [3.8, 4) is 0 Å². The lowest BCUT2D eigenvalue weighted by Gasteiger charge is -2.14. The molecule has 2 heterocycles. The normalized spacial score (nSPS) is 14.2. The number of benzene rings is 1. The fourth-order valence-electron chi connectivity index (χ4n) is 2.32. The van der Waals surface area contributed by atoms with Gasteiger partial charge in [-0.25, -0.2) is 4.39 Å². The molecule has 0 unspecified atom stereocenters. The van der Waals surface area contributed by atoms with Gasteiger partial charge in [-0.3, -0.25) is 4.79 Å². The molecule has 1 aromatic carbocycles. The van der Waals surface area contributed by atoms with Gasteiger partial charge in [0.25, 0.3) is 5.91 Å². The van der Waals surface area contributed by atoms with Crippen LogP contribution in [0.1, 0.15) is 23.3 Å². The maximum absolute atomic E-state index is 13.1. The number of hydrogen-bond donors (Lipinski definition) is 1. The van der Waals surface area contributed by atoms with E-state index in [1.165, 1.54) is 12.1 Å². The second-order valence-corrected chi connectivity index (χ2v) is 5.46. The first kappa shape index (κ1) is 14.7. The van der Waals surface area contributed by atoms with Gasteiger partial charge >= 0.3 is 0 Å². The molecule has 1 aromatic heterocycles. The van der Waals surface area contributed by atoms with Crippen LogP contribution < -0.4 is 5.32 Å². The fraction of sp³-hybridized carbons (Fsp3) is 0.267. The number of hydrogen-bond acceptors (Lipinski definition) is 4. The molecule has 1 fully saturated rings. The second-order valence-electron chi connectivity index (χ2n) is 5.06. The van der Waals surface area contributed by atoms with Crippen molar-refractivity contribution in [2.75, 3.05) is 18.4 Å². The van der Waals surface area contributed by atoms with Crippen LogP contribution in [0.15, 0.2) is 30.3 Å². The van der Waals surface area contributed by atoms with Crippen LogP contribution in [-0.4, -0.2) is 34.1 Å². The van der Waals surface area contributed by atoms with E-state index in [-0.39, 0.29) is 10.9 Å². The van der Waals surface area contributed by atoms with Gasteiger partial charge in [-0.15, -0.1) is 10.2 Å². The molecular formula is C15H14ClFN4O. The Kier molecular flexibility index (Phi) is 4.20. The van der Waals surface area contributed by atoms with Crippen LogP contribution >= 0.6 is 11.6 Å². The summed E-state index contributed by atoms with van der Waals surface area (Å²) in [6, 6.07) is 7.56. The van der Waals surface area contributed by atoms with Gasteiger partial charge in [-0.05, 0) is 43.2 Å². The van der Waals surface area contributed by atoms with E-state index in [4.69, 9.17) is 11.6 Å². The predicted octanol–water partition coefficient (Wildman–Crippen LogP) is 3.25. The lowest BCUT2D eigenvalue weighted by molar-refractivity contribution is 0.0786. The zero-order valence-corrected chi connectivity index (χ0v) is 12.5. The van der Waals surface area contributed by atoms with Gasteiger partial charge < -0.3 is 10.2 Å². The Morgan fingerprint density at radius 1 is 1.18 bits per heavy atom. The first-order chi connectivity index (χ1) is 10.6. The number of likely N-dealkylation sites (tertiary alicyclic amines) is 1. The molecule has 1 N–H and O–H groups in total. The SMILES string of the molecule is O=C(c1ccc(Nc2ccc(F)c(Cl)c2)nn1)N1CCCC1. The number of anilines is 2. The van der Waals surface area contributed by atoms with Crippen LogP contribution in [0, 0.1) is 5.82 Å². The average molecular weight is 321 g/mol. The summed E-state index contributed by atoms with van der Waals surface area (Å²) in [5.74, 6) is -0.119. The van der Waals surface area contributed by atoms with E-state index in [1.807, 2.05) is 0 Å². The van der Waals surface area contributed by atoms with E-state index in [9.17, 15) is 9.18 Å². The van der Waals surface area contributed by atoms with Crippen LogP contribution in [0.25, 0.3) is 0 Å². The van der Waals surface area contributed by atoms with Gasteiger partial charge in [0, 0.05) is 18.8 Å². The molecule has 114 valence electrons. The lowest BCUT2D eigenvalue weighted by atomic mass is 10.3. The van der Waals surface area contributed by atoms with Gasteiger partial charge in [0.2, 0.25) is 0 Å². The molecular weight excluding hydrogens is 307 g/mol. The van der Waals surface area contributed by atoms with Crippen LogP contribution in [0.4, 0.5) is 15.9 Å². The molecule has 0 atom stereocenters. The highest BCUT2D eigenvalue weighted by Crippen LogP contribution is 2.21. The minimum atomic E-state index is -0.482. The van der Waals surface area contributed by atoms with Crippen LogP contribution in [0.3, 0.4) is 0 Å². The van der Waals surface area contributed by atoms with Gasteiger partial charge in [-0.2, -0.15) is 0 Å². The summed E-state index contributed by atoms with van der Waals surface area (Å²) < 4.78 is 13.1. The highest BCUT2D eigenvalue weighted by atomic mass is 35.5. The highest BCUT2D eigenvalue weighted by Gasteiger charge is 2.20. The molecule has 0 aliphatic carbocycles. The Balaban J connectivity index is 1.70. The smallest absolute Gasteiger partial charge is 0.274 e. The van der Waals surface area contributed by atoms with Gasteiger partial charge in [0.05, 0.1) is 5.02 Å². The monoisotopic (exact) mass is 320 g/mol. The predicted molar refractivity (Wildman–Crippen MR) is 81.9 cm³/mol. The van der Waals surface area contributed by atoms with Crippen LogP contribution in [0.5, 0.6) is 0 Å². The summed E-state index contributed by atoms with van der Waals surface area (Å²) in [5.41, 5.74) is 0.920. The molecule has 0 radical (unpaired) electrons. The van der Waals surface area contributed by atoms with Crippen molar-refractivity contribution in [1.82, 2.24) is 15.1 Å². The van der Waals surface area contributed by atoms with Crippen molar-refractivity contribution in [3.05, 3.63) is 46.9 Å². The maximum Gasteiger partial charge on any atom is 0.274 e. The molecule has 5 nitrogen and oxygen atoms in total. The van der Waals surface area contributed by atoms with Gasteiger partial charge in [0.1, 0.15) is 5.82 Å². The Morgan fingerprint density at radius 2 is 1.95 bits per heavy atom. The standard InChI is InChI=1S/C15H14ClFN4O/c16-11-9-10(3-4-12(11)17)18-14-6-5-13(19-20-14)15(22)21-7-1-2-8-21/h3-6,9H,1-2,7-8H2,(H,18,20). The molecule has 1 saturated heterocycles.